The maximum atomic E-state index is 9.60. The largest absolute Gasteiger partial charge is 0.508 e. The van der Waals surface area contributed by atoms with E-state index in [-0.39, 0.29) is 0 Å². The molecular formula is C14H20BrNO. The number of aromatic hydroxyl groups is 1. The summed E-state index contributed by atoms with van der Waals surface area (Å²) in [7, 11) is 0. The van der Waals surface area contributed by atoms with Crippen molar-refractivity contribution in [3.63, 3.8) is 0 Å². The molecule has 0 radical (unpaired) electrons. The van der Waals surface area contributed by atoms with Crippen LogP contribution in [0.4, 0.5) is 0 Å². The van der Waals surface area contributed by atoms with Crippen LogP contribution in [-0.2, 0) is 0 Å². The molecule has 1 N–H and O–H groups in total. The summed E-state index contributed by atoms with van der Waals surface area (Å²) in [5, 5.41) is 9.60. The first-order chi connectivity index (χ1) is 8.20. The minimum absolute atomic E-state index is 0.371. The highest BCUT2D eigenvalue weighted by molar-refractivity contribution is 9.10. The summed E-state index contributed by atoms with van der Waals surface area (Å²) in [5.41, 5.74) is 1.26. The van der Waals surface area contributed by atoms with Crippen LogP contribution >= 0.6 is 15.9 Å². The zero-order valence-electron chi connectivity index (χ0n) is 10.3. The second kappa shape index (κ2) is 5.87. The van der Waals surface area contributed by atoms with E-state index in [9.17, 15) is 5.11 Å². The van der Waals surface area contributed by atoms with Crippen molar-refractivity contribution in [2.45, 2.75) is 32.1 Å². The SMILES string of the molecule is CCCN1CCC[C@@H](c2cc(O)ccc2Br)C1. The van der Waals surface area contributed by atoms with Gasteiger partial charge in [-0.25, -0.2) is 0 Å². The average Bonchev–Trinajstić information content (AvgIpc) is 2.33. The number of nitrogens with zero attached hydrogens (tertiary/aromatic N) is 1. The molecule has 1 aromatic rings. The Balaban J connectivity index is 2.13. The van der Waals surface area contributed by atoms with Crippen molar-refractivity contribution >= 4 is 15.9 Å². The van der Waals surface area contributed by atoms with Crippen LogP contribution in [0.5, 0.6) is 5.75 Å². The summed E-state index contributed by atoms with van der Waals surface area (Å²) < 4.78 is 1.12. The molecule has 1 aromatic carbocycles. The molecule has 2 nitrogen and oxygen atoms in total. The molecule has 94 valence electrons. The molecule has 2 rings (SSSR count). The molecule has 1 heterocycles. The average molecular weight is 298 g/mol. The van der Waals surface area contributed by atoms with Gasteiger partial charge in [-0.05, 0) is 62.0 Å². The fourth-order valence-corrected chi connectivity index (χ4v) is 3.24. The topological polar surface area (TPSA) is 23.5 Å². The molecule has 0 aliphatic carbocycles. The van der Waals surface area contributed by atoms with E-state index in [1.807, 2.05) is 12.1 Å². The maximum absolute atomic E-state index is 9.60. The zero-order chi connectivity index (χ0) is 12.3. The van der Waals surface area contributed by atoms with Crippen LogP contribution in [-0.4, -0.2) is 29.6 Å². The Bertz CT molecular complexity index is 378. The van der Waals surface area contributed by atoms with Gasteiger partial charge >= 0.3 is 0 Å². The summed E-state index contributed by atoms with van der Waals surface area (Å²) >= 11 is 3.60. The molecule has 0 bridgehead atoms. The third kappa shape index (κ3) is 3.23. The highest BCUT2D eigenvalue weighted by Crippen LogP contribution is 2.34. The third-order valence-electron chi connectivity index (χ3n) is 3.46. The molecule has 0 saturated carbocycles. The van der Waals surface area contributed by atoms with Gasteiger partial charge in [-0.3, -0.25) is 0 Å². The van der Waals surface area contributed by atoms with E-state index in [1.54, 1.807) is 6.07 Å². The monoisotopic (exact) mass is 297 g/mol. The van der Waals surface area contributed by atoms with Crippen LogP contribution in [0.15, 0.2) is 22.7 Å². The molecule has 1 saturated heterocycles. The zero-order valence-corrected chi connectivity index (χ0v) is 11.9. The normalized spacial score (nSPS) is 21.6. The third-order valence-corrected chi connectivity index (χ3v) is 4.19. The van der Waals surface area contributed by atoms with Crippen LogP contribution in [0, 0.1) is 0 Å². The number of likely N-dealkylation sites (tertiary alicyclic amines) is 1. The van der Waals surface area contributed by atoms with Crippen molar-refractivity contribution in [1.82, 2.24) is 4.90 Å². The first-order valence-electron chi connectivity index (χ1n) is 6.41. The molecule has 1 aliphatic rings. The molecule has 0 spiro atoms. The van der Waals surface area contributed by atoms with Gasteiger partial charge in [0.15, 0.2) is 0 Å². The Kier molecular flexibility index (Phi) is 4.46. The van der Waals surface area contributed by atoms with Crippen molar-refractivity contribution in [2.75, 3.05) is 19.6 Å². The summed E-state index contributed by atoms with van der Waals surface area (Å²) in [6.45, 7) is 5.76. The molecule has 3 heteroatoms. The van der Waals surface area contributed by atoms with E-state index >= 15 is 0 Å². The quantitative estimate of drug-likeness (QED) is 0.919. The molecule has 0 amide bonds. The number of rotatable bonds is 3. The Morgan fingerprint density at radius 1 is 1.47 bits per heavy atom. The van der Waals surface area contributed by atoms with Gasteiger partial charge in [-0.15, -0.1) is 0 Å². The van der Waals surface area contributed by atoms with Crippen molar-refractivity contribution in [3.05, 3.63) is 28.2 Å². The standard InChI is InChI=1S/C14H20BrNO/c1-2-7-16-8-3-4-11(10-16)13-9-12(17)5-6-14(13)15/h5-6,9,11,17H,2-4,7-8,10H2,1H3/t11-/m1/s1. The van der Waals surface area contributed by atoms with Crippen LogP contribution in [0.1, 0.15) is 37.7 Å². The van der Waals surface area contributed by atoms with Gasteiger partial charge in [0.1, 0.15) is 5.75 Å². The fourth-order valence-electron chi connectivity index (χ4n) is 2.67. The molecule has 0 unspecified atom stereocenters. The predicted molar refractivity (Wildman–Crippen MR) is 74.5 cm³/mol. The smallest absolute Gasteiger partial charge is 0.115 e. The molecular weight excluding hydrogens is 278 g/mol. The highest BCUT2D eigenvalue weighted by Gasteiger charge is 2.22. The maximum Gasteiger partial charge on any atom is 0.115 e. The van der Waals surface area contributed by atoms with Crippen LogP contribution in [0.25, 0.3) is 0 Å². The number of hydrogen-bond acceptors (Lipinski definition) is 2. The Morgan fingerprint density at radius 2 is 2.29 bits per heavy atom. The Labute approximate surface area is 112 Å². The summed E-state index contributed by atoms with van der Waals surface area (Å²) in [4.78, 5) is 2.53. The van der Waals surface area contributed by atoms with Crippen molar-refractivity contribution in [1.29, 1.82) is 0 Å². The molecule has 1 atom stereocenters. The number of phenolic OH excluding ortho intramolecular Hbond substituents is 1. The fraction of sp³-hybridized carbons (Fsp3) is 0.571. The molecule has 0 aromatic heterocycles. The van der Waals surface area contributed by atoms with Crippen molar-refractivity contribution in [3.8, 4) is 5.75 Å². The van der Waals surface area contributed by atoms with Gasteiger partial charge in [0.2, 0.25) is 0 Å². The minimum Gasteiger partial charge on any atom is -0.508 e. The summed E-state index contributed by atoms with van der Waals surface area (Å²) in [6.07, 6.45) is 3.70. The summed E-state index contributed by atoms with van der Waals surface area (Å²) in [6, 6.07) is 5.59. The molecule has 1 fully saturated rings. The first-order valence-corrected chi connectivity index (χ1v) is 7.20. The van der Waals surface area contributed by atoms with E-state index < -0.39 is 0 Å². The highest BCUT2D eigenvalue weighted by atomic mass is 79.9. The van der Waals surface area contributed by atoms with E-state index in [2.05, 4.69) is 27.8 Å². The van der Waals surface area contributed by atoms with Crippen LogP contribution in [0.2, 0.25) is 0 Å². The van der Waals surface area contributed by atoms with Crippen LogP contribution in [0.3, 0.4) is 0 Å². The molecule has 1 aliphatic heterocycles. The second-order valence-electron chi connectivity index (χ2n) is 4.85. The minimum atomic E-state index is 0.371. The number of piperidine rings is 1. The lowest BCUT2D eigenvalue weighted by Gasteiger charge is -2.33. The second-order valence-corrected chi connectivity index (χ2v) is 5.70. The lowest BCUT2D eigenvalue weighted by atomic mass is 9.90. The number of phenols is 1. The van der Waals surface area contributed by atoms with Gasteiger partial charge in [-0.2, -0.15) is 0 Å². The van der Waals surface area contributed by atoms with Crippen molar-refractivity contribution in [2.24, 2.45) is 0 Å². The Morgan fingerprint density at radius 3 is 3.06 bits per heavy atom. The lowest BCUT2D eigenvalue weighted by Crippen LogP contribution is -2.34. The number of benzene rings is 1. The summed E-state index contributed by atoms with van der Waals surface area (Å²) in [5.74, 6) is 0.924. The van der Waals surface area contributed by atoms with E-state index in [1.165, 1.54) is 37.9 Å². The van der Waals surface area contributed by atoms with Crippen LogP contribution < -0.4 is 0 Å². The van der Waals surface area contributed by atoms with Gasteiger partial charge in [-0.1, -0.05) is 22.9 Å². The van der Waals surface area contributed by atoms with E-state index in [0.717, 1.165) is 11.0 Å². The predicted octanol–water partition coefficient (Wildman–Crippen LogP) is 3.74. The van der Waals surface area contributed by atoms with Gasteiger partial charge in [0, 0.05) is 11.0 Å². The number of halogens is 1. The van der Waals surface area contributed by atoms with E-state index in [0.29, 0.717) is 11.7 Å². The molecule has 17 heavy (non-hydrogen) atoms. The van der Waals surface area contributed by atoms with Gasteiger partial charge < -0.3 is 10.0 Å². The first kappa shape index (κ1) is 12.9. The van der Waals surface area contributed by atoms with Crippen molar-refractivity contribution < 1.29 is 5.11 Å². The van der Waals surface area contributed by atoms with Gasteiger partial charge in [0.25, 0.3) is 0 Å². The Hall–Kier alpha value is -0.540. The number of hydrogen-bond donors (Lipinski definition) is 1. The van der Waals surface area contributed by atoms with Gasteiger partial charge in [0.05, 0.1) is 0 Å². The lowest BCUT2D eigenvalue weighted by molar-refractivity contribution is 0.208. The van der Waals surface area contributed by atoms with E-state index in [4.69, 9.17) is 0 Å².